The average Bonchev–Trinajstić information content (AvgIpc) is 2.41. The predicted molar refractivity (Wildman–Crippen MR) is 76.5 cm³/mol. The minimum absolute atomic E-state index is 0.131. The van der Waals surface area contributed by atoms with Gasteiger partial charge in [0.2, 0.25) is 0 Å². The number of nitrogens with zero attached hydrogens (tertiary/aromatic N) is 1. The van der Waals surface area contributed by atoms with E-state index in [1.807, 2.05) is 18.7 Å². The number of hydrogen-bond donors (Lipinski definition) is 1. The molecule has 100 valence electrons. The van der Waals surface area contributed by atoms with Crippen molar-refractivity contribution in [2.24, 2.45) is 5.92 Å². The molecule has 0 saturated carbocycles. The molecule has 3 nitrogen and oxygen atoms in total. The van der Waals surface area contributed by atoms with Crippen molar-refractivity contribution in [2.45, 2.75) is 33.6 Å². The minimum atomic E-state index is 0.131. The molecule has 1 aromatic rings. The van der Waals surface area contributed by atoms with E-state index >= 15 is 0 Å². The van der Waals surface area contributed by atoms with Gasteiger partial charge in [0.05, 0.1) is 0 Å². The Labute approximate surface area is 110 Å². The lowest BCUT2D eigenvalue weighted by molar-refractivity contribution is 0.0683. The van der Waals surface area contributed by atoms with Crippen molar-refractivity contribution in [3.63, 3.8) is 0 Å². The molecule has 0 aliphatic carbocycles. The molecule has 0 bridgehead atoms. The lowest BCUT2D eigenvalue weighted by Crippen LogP contribution is -2.39. The first-order valence-electron chi connectivity index (χ1n) is 6.81. The van der Waals surface area contributed by atoms with Crippen molar-refractivity contribution in [3.05, 3.63) is 29.8 Å². The summed E-state index contributed by atoms with van der Waals surface area (Å²) in [5.41, 5.74) is 7.04. The highest BCUT2D eigenvalue weighted by atomic mass is 16.2. The summed E-state index contributed by atoms with van der Waals surface area (Å²) in [5, 5.41) is 0. The molecule has 2 rings (SSSR count). The minimum Gasteiger partial charge on any atom is -0.399 e. The molecule has 1 aliphatic rings. The Morgan fingerprint density at radius 2 is 1.89 bits per heavy atom. The summed E-state index contributed by atoms with van der Waals surface area (Å²) >= 11 is 0. The Morgan fingerprint density at radius 1 is 1.28 bits per heavy atom. The molecule has 1 aromatic carbocycles. The Kier molecular flexibility index (Phi) is 5.69. The van der Waals surface area contributed by atoms with Crippen molar-refractivity contribution in [1.82, 2.24) is 4.90 Å². The van der Waals surface area contributed by atoms with Gasteiger partial charge in [-0.05, 0) is 43.0 Å². The number of benzene rings is 1. The first-order chi connectivity index (χ1) is 8.66. The van der Waals surface area contributed by atoms with Gasteiger partial charge in [0, 0.05) is 24.3 Å². The van der Waals surface area contributed by atoms with E-state index in [2.05, 4.69) is 6.92 Å². The molecule has 1 fully saturated rings. The van der Waals surface area contributed by atoms with Crippen LogP contribution in [0.5, 0.6) is 0 Å². The molecule has 1 heterocycles. The summed E-state index contributed by atoms with van der Waals surface area (Å²) < 4.78 is 0. The van der Waals surface area contributed by atoms with Crippen molar-refractivity contribution in [3.8, 4) is 0 Å². The molecule has 2 N–H and O–H groups in total. The second-order valence-corrected chi connectivity index (χ2v) is 4.62. The van der Waals surface area contributed by atoms with Gasteiger partial charge in [0.1, 0.15) is 0 Å². The molecule has 0 unspecified atom stereocenters. The third-order valence-corrected chi connectivity index (χ3v) is 3.10. The largest absolute Gasteiger partial charge is 0.399 e. The van der Waals surface area contributed by atoms with E-state index < -0.39 is 0 Å². The maximum Gasteiger partial charge on any atom is 0.253 e. The van der Waals surface area contributed by atoms with Crippen molar-refractivity contribution < 1.29 is 4.79 Å². The van der Waals surface area contributed by atoms with Gasteiger partial charge in [0.25, 0.3) is 5.91 Å². The van der Waals surface area contributed by atoms with Crippen molar-refractivity contribution in [2.75, 3.05) is 18.8 Å². The van der Waals surface area contributed by atoms with Crippen LogP contribution in [-0.4, -0.2) is 23.9 Å². The van der Waals surface area contributed by atoms with E-state index in [-0.39, 0.29) is 5.91 Å². The molecular weight excluding hydrogens is 224 g/mol. The van der Waals surface area contributed by atoms with E-state index in [0.29, 0.717) is 11.6 Å². The maximum absolute atomic E-state index is 12.1. The number of amides is 1. The number of rotatable bonds is 1. The molecule has 1 amide bonds. The third-order valence-electron chi connectivity index (χ3n) is 3.10. The summed E-state index contributed by atoms with van der Waals surface area (Å²) in [5.74, 6) is 0.748. The van der Waals surface area contributed by atoms with Gasteiger partial charge < -0.3 is 10.6 Å². The third kappa shape index (κ3) is 3.76. The number of anilines is 1. The summed E-state index contributed by atoms with van der Waals surface area (Å²) in [4.78, 5) is 14.1. The van der Waals surface area contributed by atoms with E-state index in [4.69, 9.17) is 5.73 Å². The SMILES string of the molecule is CC.C[C@@H]1CCCN(C(=O)c2ccc(N)cc2)C1. The highest BCUT2D eigenvalue weighted by Gasteiger charge is 2.21. The van der Waals surface area contributed by atoms with Crippen LogP contribution >= 0.6 is 0 Å². The summed E-state index contributed by atoms with van der Waals surface area (Å²) in [6, 6.07) is 7.16. The van der Waals surface area contributed by atoms with Gasteiger partial charge in [-0.2, -0.15) is 0 Å². The first-order valence-corrected chi connectivity index (χ1v) is 6.81. The maximum atomic E-state index is 12.1. The van der Waals surface area contributed by atoms with Crippen LogP contribution in [0.2, 0.25) is 0 Å². The molecule has 1 aliphatic heterocycles. The number of hydrogen-bond acceptors (Lipinski definition) is 2. The Hall–Kier alpha value is -1.51. The fourth-order valence-electron chi connectivity index (χ4n) is 2.18. The van der Waals surface area contributed by atoms with Gasteiger partial charge in [0.15, 0.2) is 0 Å². The predicted octanol–water partition coefficient (Wildman–Crippen LogP) is 3.17. The molecule has 3 heteroatoms. The highest BCUT2D eigenvalue weighted by Crippen LogP contribution is 2.18. The zero-order chi connectivity index (χ0) is 13.5. The smallest absolute Gasteiger partial charge is 0.253 e. The molecule has 0 aromatic heterocycles. The quantitative estimate of drug-likeness (QED) is 0.776. The van der Waals surface area contributed by atoms with Crippen LogP contribution < -0.4 is 5.73 Å². The van der Waals surface area contributed by atoms with Crippen molar-refractivity contribution >= 4 is 11.6 Å². The second kappa shape index (κ2) is 7.04. The monoisotopic (exact) mass is 248 g/mol. The van der Waals surface area contributed by atoms with E-state index in [9.17, 15) is 4.79 Å². The zero-order valence-corrected chi connectivity index (χ0v) is 11.6. The van der Waals surface area contributed by atoms with E-state index in [0.717, 1.165) is 25.1 Å². The molecule has 18 heavy (non-hydrogen) atoms. The molecule has 0 radical (unpaired) electrons. The van der Waals surface area contributed by atoms with Crippen LogP contribution in [-0.2, 0) is 0 Å². The van der Waals surface area contributed by atoms with Crippen LogP contribution in [0, 0.1) is 5.92 Å². The fraction of sp³-hybridized carbons (Fsp3) is 0.533. The number of carbonyl (C=O) groups excluding carboxylic acids is 1. The zero-order valence-electron chi connectivity index (χ0n) is 11.6. The lowest BCUT2D eigenvalue weighted by Gasteiger charge is -2.31. The van der Waals surface area contributed by atoms with Gasteiger partial charge in [-0.3, -0.25) is 4.79 Å². The van der Waals surface area contributed by atoms with E-state index in [1.165, 1.54) is 6.42 Å². The number of nitrogens with two attached hydrogens (primary N) is 1. The van der Waals surface area contributed by atoms with Crippen LogP contribution in [0.25, 0.3) is 0 Å². The van der Waals surface area contributed by atoms with Crippen LogP contribution in [0.4, 0.5) is 5.69 Å². The average molecular weight is 248 g/mol. The van der Waals surface area contributed by atoms with Gasteiger partial charge >= 0.3 is 0 Å². The number of nitrogen functional groups attached to an aromatic ring is 1. The molecule has 1 saturated heterocycles. The Balaban J connectivity index is 0.000000771. The van der Waals surface area contributed by atoms with Gasteiger partial charge in [-0.15, -0.1) is 0 Å². The van der Waals surface area contributed by atoms with Crippen LogP contribution in [0.15, 0.2) is 24.3 Å². The normalized spacial score (nSPS) is 18.8. The van der Waals surface area contributed by atoms with E-state index in [1.54, 1.807) is 24.3 Å². The topological polar surface area (TPSA) is 46.3 Å². The fourth-order valence-corrected chi connectivity index (χ4v) is 2.18. The van der Waals surface area contributed by atoms with Crippen molar-refractivity contribution in [1.29, 1.82) is 0 Å². The summed E-state index contributed by atoms with van der Waals surface area (Å²) in [6.07, 6.45) is 2.34. The summed E-state index contributed by atoms with van der Waals surface area (Å²) in [6.45, 7) is 7.96. The number of piperidine rings is 1. The summed E-state index contributed by atoms with van der Waals surface area (Å²) in [7, 11) is 0. The molecule has 1 atom stereocenters. The number of likely N-dealkylation sites (tertiary alicyclic amines) is 1. The second-order valence-electron chi connectivity index (χ2n) is 4.62. The highest BCUT2D eigenvalue weighted by molar-refractivity contribution is 5.94. The van der Waals surface area contributed by atoms with Gasteiger partial charge in [-0.1, -0.05) is 20.8 Å². The van der Waals surface area contributed by atoms with Crippen LogP contribution in [0.3, 0.4) is 0 Å². The lowest BCUT2D eigenvalue weighted by atomic mass is 9.99. The molecular formula is C15H24N2O. The standard InChI is InChI=1S/C13H18N2O.C2H6/c1-10-3-2-8-15(9-10)13(16)11-4-6-12(14)7-5-11;1-2/h4-7,10H,2-3,8-9,14H2,1H3;1-2H3/t10-;/m1./s1. The van der Waals surface area contributed by atoms with Gasteiger partial charge in [-0.25, -0.2) is 0 Å². The first kappa shape index (κ1) is 14.6. The Bertz CT molecular complexity index is 373. The number of carbonyl (C=O) groups is 1. The Morgan fingerprint density at radius 3 is 2.44 bits per heavy atom. The molecule has 0 spiro atoms. The van der Waals surface area contributed by atoms with Crippen LogP contribution in [0.1, 0.15) is 44.0 Å².